The molecule has 28 heavy (non-hydrogen) atoms. The molecule has 3 aromatic rings. The molecule has 0 aliphatic carbocycles. The van der Waals surface area contributed by atoms with E-state index in [4.69, 9.17) is 9.05 Å². The molecule has 4 nitrogen and oxygen atoms in total. The molecule has 146 valence electrons. The van der Waals surface area contributed by atoms with E-state index in [1.165, 1.54) is 0 Å². The minimum absolute atomic E-state index is 0.0896. The molecular weight excluding hydrogens is 371 g/mol. The van der Waals surface area contributed by atoms with Gasteiger partial charge < -0.3 is 4.89 Å². The number of phosphoric ester groups is 1. The van der Waals surface area contributed by atoms with Crippen LogP contribution in [-0.2, 0) is 20.0 Å². The highest BCUT2D eigenvalue weighted by atomic mass is 31.2. The Morgan fingerprint density at radius 2 is 1.18 bits per heavy atom. The Hall–Kier alpha value is -2.23. The molecule has 1 atom stereocenters. The van der Waals surface area contributed by atoms with E-state index in [-0.39, 0.29) is 19.1 Å². The standard InChI is InChI=1S/C23H25O4P/c24-28(25,26-18-16-20-10-4-1-5-11-20)27-19-17-23(21-12-6-2-7-13-21)22-14-8-3-9-15-22/h1-15,23H,16-19H2,(H,24,25). The molecule has 5 heteroatoms. The Kier molecular flexibility index (Phi) is 7.58. The topological polar surface area (TPSA) is 55.8 Å². The summed E-state index contributed by atoms with van der Waals surface area (Å²) >= 11 is 0. The van der Waals surface area contributed by atoms with Gasteiger partial charge in [0.1, 0.15) is 0 Å². The van der Waals surface area contributed by atoms with Crippen molar-refractivity contribution < 1.29 is 18.5 Å². The molecule has 0 aliphatic heterocycles. The number of hydrogen-bond acceptors (Lipinski definition) is 3. The third kappa shape index (κ3) is 6.43. The van der Waals surface area contributed by atoms with Crippen molar-refractivity contribution in [2.75, 3.05) is 13.2 Å². The highest BCUT2D eigenvalue weighted by Gasteiger charge is 2.22. The molecule has 0 aromatic heterocycles. The summed E-state index contributed by atoms with van der Waals surface area (Å²) in [6.07, 6.45) is 1.14. The Balaban J connectivity index is 1.54. The Morgan fingerprint density at radius 1 is 0.714 bits per heavy atom. The highest BCUT2D eigenvalue weighted by molar-refractivity contribution is 7.47. The zero-order valence-corrected chi connectivity index (χ0v) is 16.6. The molecule has 0 saturated carbocycles. The fourth-order valence-electron chi connectivity index (χ4n) is 3.14. The van der Waals surface area contributed by atoms with Gasteiger partial charge >= 0.3 is 7.82 Å². The summed E-state index contributed by atoms with van der Waals surface area (Å²) in [5.74, 6) is 0.0896. The van der Waals surface area contributed by atoms with Crippen LogP contribution < -0.4 is 0 Å². The minimum atomic E-state index is -4.07. The molecule has 1 unspecified atom stereocenters. The van der Waals surface area contributed by atoms with Gasteiger partial charge in [-0.2, -0.15) is 0 Å². The van der Waals surface area contributed by atoms with E-state index in [0.717, 1.165) is 16.7 Å². The van der Waals surface area contributed by atoms with Crippen LogP contribution >= 0.6 is 7.82 Å². The number of benzene rings is 3. The van der Waals surface area contributed by atoms with Crippen LogP contribution in [-0.4, -0.2) is 18.1 Å². The van der Waals surface area contributed by atoms with Crippen molar-refractivity contribution in [1.82, 2.24) is 0 Å². The average Bonchev–Trinajstić information content (AvgIpc) is 2.73. The highest BCUT2D eigenvalue weighted by Crippen LogP contribution is 2.44. The van der Waals surface area contributed by atoms with Crippen molar-refractivity contribution in [2.45, 2.75) is 18.8 Å². The lowest BCUT2D eigenvalue weighted by atomic mass is 9.89. The molecule has 0 radical (unpaired) electrons. The maximum absolute atomic E-state index is 12.2. The molecule has 0 heterocycles. The van der Waals surface area contributed by atoms with Gasteiger partial charge in [-0.3, -0.25) is 9.05 Å². The smallest absolute Gasteiger partial charge is 0.302 e. The largest absolute Gasteiger partial charge is 0.472 e. The molecule has 3 aromatic carbocycles. The molecule has 0 spiro atoms. The third-order valence-electron chi connectivity index (χ3n) is 4.55. The molecule has 0 bridgehead atoms. The van der Waals surface area contributed by atoms with Gasteiger partial charge in [0.15, 0.2) is 0 Å². The van der Waals surface area contributed by atoms with Gasteiger partial charge in [0.2, 0.25) is 0 Å². The zero-order valence-electron chi connectivity index (χ0n) is 15.7. The first kappa shape index (κ1) is 20.5. The van der Waals surface area contributed by atoms with Crippen LogP contribution in [0.15, 0.2) is 91.0 Å². The van der Waals surface area contributed by atoms with Crippen LogP contribution in [0.5, 0.6) is 0 Å². The summed E-state index contributed by atoms with van der Waals surface area (Å²) in [5.41, 5.74) is 3.35. The minimum Gasteiger partial charge on any atom is -0.302 e. The summed E-state index contributed by atoms with van der Waals surface area (Å²) < 4.78 is 22.5. The van der Waals surface area contributed by atoms with Gasteiger partial charge in [-0.15, -0.1) is 0 Å². The van der Waals surface area contributed by atoms with Crippen LogP contribution in [0.25, 0.3) is 0 Å². The summed E-state index contributed by atoms with van der Waals surface area (Å²) in [5, 5.41) is 0. The van der Waals surface area contributed by atoms with E-state index in [2.05, 4.69) is 24.3 Å². The molecule has 3 rings (SSSR count). The maximum atomic E-state index is 12.2. The van der Waals surface area contributed by atoms with Crippen LogP contribution in [0, 0.1) is 0 Å². The second kappa shape index (κ2) is 10.4. The summed E-state index contributed by atoms with van der Waals surface area (Å²) in [4.78, 5) is 9.96. The lowest BCUT2D eigenvalue weighted by Crippen LogP contribution is -2.07. The molecule has 0 amide bonds. The first-order valence-electron chi connectivity index (χ1n) is 9.40. The van der Waals surface area contributed by atoms with Crippen molar-refractivity contribution in [1.29, 1.82) is 0 Å². The van der Waals surface area contributed by atoms with Crippen molar-refractivity contribution >= 4 is 7.82 Å². The quantitative estimate of drug-likeness (QED) is 0.454. The zero-order chi connectivity index (χ0) is 19.7. The third-order valence-corrected chi connectivity index (χ3v) is 5.57. The van der Waals surface area contributed by atoms with Crippen LogP contribution in [0.2, 0.25) is 0 Å². The Bertz CT molecular complexity index is 829. The molecular formula is C23H25O4P. The average molecular weight is 396 g/mol. The molecule has 0 saturated heterocycles. The van der Waals surface area contributed by atoms with Crippen LogP contribution in [0.1, 0.15) is 29.0 Å². The molecule has 0 aliphatic rings. The van der Waals surface area contributed by atoms with E-state index in [0.29, 0.717) is 12.8 Å². The fourth-order valence-corrected chi connectivity index (χ4v) is 3.88. The van der Waals surface area contributed by atoms with E-state index in [9.17, 15) is 9.46 Å². The van der Waals surface area contributed by atoms with Gasteiger partial charge in [0.05, 0.1) is 13.2 Å². The lowest BCUT2D eigenvalue weighted by molar-refractivity contribution is 0.148. The number of hydrogen-bond donors (Lipinski definition) is 1. The number of phosphoric acid groups is 1. The van der Waals surface area contributed by atoms with Crippen molar-refractivity contribution in [2.24, 2.45) is 0 Å². The Morgan fingerprint density at radius 3 is 1.71 bits per heavy atom. The van der Waals surface area contributed by atoms with Gasteiger partial charge in [0, 0.05) is 5.92 Å². The summed E-state index contributed by atoms with van der Waals surface area (Å²) in [6, 6.07) is 29.9. The van der Waals surface area contributed by atoms with Gasteiger partial charge in [-0.05, 0) is 29.5 Å². The lowest BCUT2D eigenvalue weighted by Gasteiger charge is -2.19. The van der Waals surface area contributed by atoms with E-state index in [1.807, 2.05) is 66.7 Å². The van der Waals surface area contributed by atoms with E-state index < -0.39 is 7.82 Å². The normalized spacial score (nSPS) is 13.4. The first-order chi connectivity index (χ1) is 13.6. The molecule has 0 fully saturated rings. The van der Waals surface area contributed by atoms with Crippen LogP contribution in [0.4, 0.5) is 0 Å². The predicted octanol–water partition coefficient (Wildman–Crippen LogP) is 5.58. The number of rotatable bonds is 10. The Labute approximate surface area is 166 Å². The summed E-state index contributed by atoms with van der Waals surface area (Å²) in [7, 11) is -4.07. The van der Waals surface area contributed by atoms with Gasteiger partial charge in [-0.25, -0.2) is 4.57 Å². The van der Waals surface area contributed by atoms with Crippen molar-refractivity contribution in [3.63, 3.8) is 0 Å². The van der Waals surface area contributed by atoms with Crippen LogP contribution in [0.3, 0.4) is 0 Å². The SMILES string of the molecule is O=P(O)(OCCc1ccccc1)OCCC(c1ccccc1)c1ccccc1. The van der Waals surface area contributed by atoms with Crippen molar-refractivity contribution in [3.8, 4) is 0 Å². The monoisotopic (exact) mass is 396 g/mol. The fraction of sp³-hybridized carbons (Fsp3) is 0.217. The second-order valence-corrected chi connectivity index (χ2v) is 7.99. The molecule has 1 N–H and O–H groups in total. The van der Waals surface area contributed by atoms with Gasteiger partial charge in [0.25, 0.3) is 0 Å². The maximum Gasteiger partial charge on any atom is 0.472 e. The second-order valence-electron chi connectivity index (χ2n) is 6.53. The van der Waals surface area contributed by atoms with E-state index in [1.54, 1.807) is 0 Å². The predicted molar refractivity (Wildman–Crippen MR) is 111 cm³/mol. The van der Waals surface area contributed by atoms with Gasteiger partial charge in [-0.1, -0.05) is 91.0 Å². The van der Waals surface area contributed by atoms with Crippen molar-refractivity contribution in [3.05, 3.63) is 108 Å². The summed E-state index contributed by atoms with van der Waals surface area (Å²) in [6.45, 7) is 0.270. The van der Waals surface area contributed by atoms with E-state index >= 15 is 0 Å². The first-order valence-corrected chi connectivity index (χ1v) is 10.9.